The number of benzene rings is 2. The molecule has 0 aromatic heterocycles. The van der Waals surface area contributed by atoms with Gasteiger partial charge in [-0.2, -0.15) is 0 Å². The third-order valence-corrected chi connectivity index (χ3v) is 5.09. The maximum atomic E-state index is 12.5. The Morgan fingerprint density at radius 2 is 1.93 bits per heavy atom. The number of amides is 1. The minimum absolute atomic E-state index is 0.124. The largest absolute Gasteiger partial charge is 0.468 e. The summed E-state index contributed by atoms with van der Waals surface area (Å²) in [7, 11) is 1.38. The molecule has 0 fully saturated rings. The molecule has 2 aliphatic rings. The van der Waals surface area contributed by atoms with Gasteiger partial charge in [0.05, 0.1) is 13.7 Å². The zero-order chi connectivity index (χ0) is 19.5. The highest BCUT2D eigenvalue weighted by molar-refractivity contribution is 5.81. The number of nitrogens with one attached hydrogen (secondary N) is 1. The molecule has 0 saturated carbocycles. The Balaban J connectivity index is 1.40. The van der Waals surface area contributed by atoms with Crippen LogP contribution in [0.5, 0.6) is 11.5 Å². The summed E-state index contributed by atoms with van der Waals surface area (Å²) in [6.45, 7) is 1.26. The van der Waals surface area contributed by atoms with E-state index in [2.05, 4.69) is 5.32 Å². The summed E-state index contributed by atoms with van der Waals surface area (Å²) in [5.41, 5.74) is 3.17. The first kappa shape index (κ1) is 18.3. The van der Waals surface area contributed by atoms with Gasteiger partial charge in [-0.15, -0.1) is 0 Å². The van der Waals surface area contributed by atoms with Crippen molar-refractivity contribution in [3.63, 3.8) is 0 Å². The Morgan fingerprint density at radius 3 is 2.75 bits per heavy atom. The van der Waals surface area contributed by atoms with E-state index in [4.69, 9.17) is 14.2 Å². The molecule has 28 heavy (non-hydrogen) atoms. The van der Waals surface area contributed by atoms with E-state index < -0.39 is 6.04 Å². The highest BCUT2D eigenvalue weighted by atomic mass is 16.7. The Morgan fingerprint density at radius 1 is 1.14 bits per heavy atom. The molecule has 1 atom stereocenters. The van der Waals surface area contributed by atoms with E-state index in [-0.39, 0.29) is 25.2 Å². The summed E-state index contributed by atoms with van der Waals surface area (Å²) >= 11 is 0. The van der Waals surface area contributed by atoms with Crippen LogP contribution in [0.4, 0.5) is 0 Å². The summed E-state index contributed by atoms with van der Waals surface area (Å²) in [4.78, 5) is 26.6. The predicted octanol–water partition coefficient (Wildman–Crippen LogP) is 1.63. The van der Waals surface area contributed by atoms with Crippen LogP contribution in [0.1, 0.15) is 16.7 Å². The van der Waals surface area contributed by atoms with Crippen LogP contribution in [0.25, 0.3) is 0 Å². The first-order valence-corrected chi connectivity index (χ1v) is 9.18. The van der Waals surface area contributed by atoms with Gasteiger partial charge in [0.25, 0.3) is 0 Å². The maximum absolute atomic E-state index is 12.5. The van der Waals surface area contributed by atoms with Gasteiger partial charge in [-0.1, -0.05) is 30.3 Å². The van der Waals surface area contributed by atoms with Gasteiger partial charge in [-0.05, 0) is 35.2 Å². The second kappa shape index (κ2) is 7.90. The van der Waals surface area contributed by atoms with Crippen molar-refractivity contribution in [3.05, 3.63) is 59.2 Å². The number of fused-ring (bicyclic) bond motifs is 2. The van der Waals surface area contributed by atoms with Gasteiger partial charge in [0, 0.05) is 13.1 Å². The first-order valence-electron chi connectivity index (χ1n) is 9.18. The minimum atomic E-state index is -0.462. The van der Waals surface area contributed by atoms with Crippen molar-refractivity contribution in [3.8, 4) is 11.5 Å². The van der Waals surface area contributed by atoms with E-state index in [9.17, 15) is 9.59 Å². The van der Waals surface area contributed by atoms with E-state index in [1.807, 2.05) is 47.4 Å². The van der Waals surface area contributed by atoms with Crippen molar-refractivity contribution < 1.29 is 23.8 Å². The van der Waals surface area contributed by atoms with E-state index in [0.717, 1.165) is 16.7 Å². The molecule has 2 heterocycles. The van der Waals surface area contributed by atoms with Crippen molar-refractivity contribution in [1.82, 2.24) is 10.2 Å². The lowest BCUT2D eigenvalue weighted by Gasteiger charge is -2.34. The smallest absolute Gasteiger partial charge is 0.323 e. The van der Waals surface area contributed by atoms with Crippen LogP contribution in [-0.4, -0.2) is 43.3 Å². The molecule has 0 radical (unpaired) electrons. The topological polar surface area (TPSA) is 77.1 Å². The summed E-state index contributed by atoms with van der Waals surface area (Å²) in [5, 5.41) is 2.91. The van der Waals surface area contributed by atoms with Crippen LogP contribution >= 0.6 is 0 Å². The molecule has 0 aliphatic carbocycles. The fourth-order valence-electron chi connectivity index (χ4n) is 3.60. The number of nitrogens with zero attached hydrogens (tertiary/aromatic N) is 1. The molecule has 2 aliphatic heterocycles. The van der Waals surface area contributed by atoms with Crippen LogP contribution in [0.15, 0.2) is 42.5 Å². The van der Waals surface area contributed by atoms with Crippen LogP contribution < -0.4 is 14.8 Å². The van der Waals surface area contributed by atoms with Crippen molar-refractivity contribution >= 4 is 11.9 Å². The molecule has 2 aromatic rings. The minimum Gasteiger partial charge on any atom is -0.468 e. The van der Waals surface area contributed by atoms with Crippen LogP contribution in [-0.2, 0) is 33.8 Å². The van der Waals surface area contributed by atoms with Crippen molar-refractivity contribution in [1.29, 1.82) is 0 Å². The molecule has 0 spiro atoms. The van der Waals surface area contributed by atoms with Gasteiger partial charge in [-0.3, -0.25) is 14.5 Å². The average molecular weight is 382 g/mol. The molecular weight excluding hydrogens is 360 g/mol. The standard InChI is InChI=1S/C21H22N2O5/c1-26-21(25)17-9-15-4-2-3-5-16(15)11-23(17)12-20(24)22-10-14-6-7-18-19(8-14)28-13-27-18/h2-8,17H,9-13H2,1H3,(H,22,24)/t17-/m0/s1. The number of carbonyl (C=O) groups is 2. The van der Waals surface area contributed by atoms with Crippen LogP contribution in [0.3, 0.4) is 0 Å². The Kier molecular flexibility index (Phi) is 5.16. The van der Waals surface area contributed by atoms with Gasteiger partial charge in [0.2, 0.25) is 12.7 Å². The zero-order valence-electron chi connectivity index (χ0n) is 15.6. The second-order valence-corrected chi connectivity index (χ2v) is 6.88. The highest BCUT2D eigenvalue weighted by Gasteiger charge is 2.33. The average Bonchev–Trinajstić information content (AvgIpc) is 3.19. The third-order valence-electron chi connectivity index (χ3n) is 5.09. The number of ether oxygens (including phenoxy) is 3. The fraction of sp³-hybridized carbons (Fsp3) is 0.333. The van der Waals surface area contributed by atoms with Gasteiger partial charge in [0.15, 0.2) is 11.5 Å². The normalized spacial score (nSPS) is 17.7. The summed E-state index contributed by atoms with van der Waals surface area (Å²) < 4.78 is 15.6. The van der Waals surface area contributed by atoms with E-state index in [1.54, 1.807) is 0 Å². The number of rotatable bonds is 5. The number of methoxy groups -OCH3 is 1. The lowest BCUT2D eigenvalue weighted by atomic mass is 9.94. The number of hydrogen-bond acceptors (Lipinski definition) is 6. The maximum Gasteiger partial charge on any atom is 0.323 e. The van der Waals surface area contributed by atoms with Crippen LogP contribution in [0.2, 0.25) is 0 Å². The lowest BCUT2D eigenvalue weighted by molar-refractivity contribution is -0.148. The van der Waals surface area contributed by atoms with Gasteiger partial charge in [0.1, 0.15) is 6.04 Å². The Hall–Kier alpha value is -3.06. The SMILES string of the molecule is COC(=O)[C@@H]1Cc2ccccc2CN1CC(=O)NCc1ccc2c(c1)OCO2. The molecule has 2 aromatic carbocycles. The van der Waals surface area contributed by atoms with E-state index in [0.29, 0.717) is 31.0 Å². The van der Waals surface area contributed by atoms with Gasteiger partial charge < -0.3 is 19.5 Å². The molecule has 0 saturated heterocycles. The Bertz CT molecular complexity index is 898. The van der Waals surface area contributed by atoms with Crippen molar-refractivity contribution in [2.24, 2.45) is 0 Å². The van der Waals surface area contributed by atoms with Crippen molar-refractivity contribution in [2.75, 3.05) is 20.4 Å². The molecule has 146 valence electrons. The molecule has 0 bridgehead atoms. The summed E-state index contributed by atoms with van der Waals surface area (Å²) in [6.07, 6.45) is 0.540. The van der Waals surface area contributed by atoms with Gasteiger partial charge in [-0.25, -0.2) is 0 Å². The molecule has 1 N–H and O–H groups in total. The predicted molar refractivity (Wildman–Crippen MR) is 101 cm³/mol. The Labute approximate surface area is 163 Å². The summed E-state index contributed by atoms with van der Waals surface area (Å²) in [5.74, 6) is 0.928. The number of carbonyl (C=O) groups excluding carboxylic acids is 2. The zero-order valence-corrected chi connectivity index (χ0v) is 15.6. The molecule has 7 heteroatoms. The third kappa shape index (κ3) is 3.80. The van der Waals surface area contributed by atoms with Crippen LogP contribution in [0, 0.1) is 0 Å². The number of hydrogen-bond donors (Lipinski definition) is 1. The fourth-order valence-corrected chi connectivity index (χ4v) is 3.60. The van der Waals surface area contributed by atoms with Crippen molar-refractivity contribution in [2.45, 2.75) is 25.6 Å². The molecular formula is C21H22N2O5. The first-order chi connectivity index (χ1) is 13.6. The number of esters is 1. The highest BCUT2D eigenvalue weighted by Crippen LogP contribution is 2.32. The molecule has 1 amide bonds. The van der Waals surface area contributed by atoms with E-state index in [1.165, 1.54) is 7.11 Å². The quantitative estimate of drug-likeness (QED) is 0.792. The molecule has 4 rings (SSSR count). The second-order valence-electron chi connectivity index (χ2n) is 6.88. The monoisotopic (exact) mass is 382 g/mol. The van der Waals surface area contributed by atoms with E-state index >= 15 is 0 Å². The molecule has 0 unspecified atom stereocenters. The molecule has 7 nitrogen and oxygen atoms in total. The summed E-state index contributed by atoms with van der Waals surface area (Å²) in [6, 6.07) is 13.1. The van der Waals surface area contributed by atoms with Gasteiger partial charge >= 0.3 is 5.97 Å². The lowest BCUT2D eigenvalue weighted by Crippen LogP contribution is -2.49.